The number of nitrogen functional groups attached to an aromatic ring is 1. The summed E-state index contributed by atoms with van der Waals surface area (Å²) in [6.07, 6.45) is 0.243. The summed E-state index contributed by atoms with van der Waals surface area (Å²) in [7, 11) is -0.451. The molecule has 7 N–H and O–H groups in total. The molecule has 0 bridgehead atoms. The summed E-state index contributed by atoms with van der Waals surface area (Å²) in [5, 5.41) is 30.6. The number of carboxylic acid groups (broad SMARTS) is 1. The molecule has 0 spiro atoms. The molecule has 11 nitrogen and oxygen atoms in total. The van der Waals surface area contributed by atoms with Gasteiger partial charge in [0, 0.05) is 17.3 Å². The van der Waals surface area contributed by atoms with E-state index in [1.807, 2.05) is 0 Å². The highest BCUT2D eigenvalue weighted by Gasteiger charge is 2.47. The van der Waals surface area contributed by atoms with Gasteiger partial charge in [0.15, 0.2) is 23.4 Å². The lowest BCUT2D eigenvalue weighted by molar-refractivity contribution is -0.140. The minimum absolute atomic E-state index is 0.204. The first kappa shape index (κ1) is 24.2. The second kappa shape index (κ2) is 10.9. The fourth-order valence-electron chi connectivity index (χ4n) is 3.43. The maximum absolute atomic E-state index is 11.4. The summed E-state index contributed by atoms with van der Waals surface area (Å²) >= 11 is 0. The summed E-state index contributed by atoms with van der Waals surface area (Å²) in [6.45, 7) is 2.22. The first-order valence-corrected chi connectivity index (χ1v) is 12.0. The SMILES string of the molecule is C[C@@H](C[S+](CC#CCCCN)C[C@H]1O[C@@H](n2cnc3c(N)ncnc32)C(O)[C@H]1O)C(=O)O. The van der Waals surface area contributed by atoms with Gasteiger partial charge in [0.25, 0.3) is 0 Å². The molecule has 0 radical (unpaired) electrons. The van der Waals surface area contributed by atoms with Crippen LogP contribution in [0.2, 0.25) is 0 Å². The molecule has 2 aromatic heterocycles. The fraction of sp³-hybridized carbons (Fsp3) is 0.600. The van der Waals surface area contributed by atoms with E-state index in [1.54, 1.807) is 6.92 Å². The van der Waals surface area contributed by atoms with Gasteiger partial charge in [-0.2, -0.15) is 0 Å². The molecule has 6 atom stereocenters. The Morgan fingerprint density at radius 1 is 1.31 bits per heavy atom. The Morgan fingerprint density at radius 2 is 2.09 bits per heavy atom. The van der Waals surface area contributed by atoms with Crippen LogP contribution in [-0.2, 0) is 20.4 Å². The predicted octanol–water partition coefficient (Wildman–Crippen LogP) is -0.891. The van der Waals surface area contributed by atoms with E-state index in [-0.39, 0.29) is 5.82 Å². The summed E-state index contributed by atoms with van der Waals surface area (Å²) in [6, 6.07) is 0. The van der Waals surface area contributed by atoms with Gasteiger partial charge in [0.1, 0.15) is 41.7 Å². The molecule has 0 saturated carbocycles. The molecule has 32 heavy (non-hydrogen) atoms. The molecule has 2 aromatic rings. The highest BCUT2D eigenvalue weighted by molar-refractivity contribution is 7.97. The van der Waals surface area contributed by atoms with Crippen LogP contribution in [0.3, 0.4) is 0 Å². The third kappa shape index (κ3) is 5.48. The van der Waals surface area contributed by atoms with Crippen LogP contribution in [-0.4, -0.2) is 82.9 Å². The number of fused-ring (bicyclic) bond motifs is 1. The monoisotopic (exact) mass is 465 g/mol. The molecule has 174 valence electrons. The Kier molecular flexibility index (Phi) is 8.27. The van der Waals surface area contributed by atoms with Crippen LogP contribution in [0, 0.1) is 17.8 Å². The molecular weight excluding hydrogens is 436 g/mol. The minimum Gasteiger partial charge on any atom is -0.481 e. The molecule has 3 rings (SSSR count). The zero-order valence-corrected chi connectivity index (χ0v) is 18.6. The fourth-order valence-corrected chi connectivity index (χ4v) is 5.70. The van der Waals surface area contributed by atoms with Gasteiger partial charge < -0.3 is 31.5 Å². The highest BCUT2D eigenvalue weighted by Crippen LogP contribution is 2.33. The number of imidazole rings is 1. The first-order chi connectivity index (χ1) is 15.3. The molecule has 1 fully saturated rings. The van der Waals surface area contributed by atoms with E-state index in [0.29, 0.717) is 41.4 Å². The number of hydrogen-bond donors (Lipinski definition) is 5. The molecule has 1 aliphatic rings. The summed E-state index contributed by atoms with van der Waals surface area (Å²) in [5.41, 5.74) is 12.1. The lowest BCUT2D eigenvalue weighted by Crippen LogP contribution is -2.38. The van der Waals surface area contributed by atoms with Crippen LogP contribution in [0.5, 0.6) is 0 Å². The lowest BCUT2D eigenvalue weighted by Gasteiger charge is -2.17. The Bertz CT molecular complexity index is 992. The van der Waals surface area contributed by atoms with Crippen molar-refractivity contribution in [2.75, 3.05) is 29.5 Å². The molecule has 12 heteroatoms. The summed E-state index contributed by atoms with van der Waals surface area (Å²) in [4.78, 5) is 23.6. The predicted molar refractivity (Wildman–Crippen MR) is 120 cm³/mol. The first-order valence-electron chi connectivity index (χ1n) is 10.3. The average Bonchev–Trinajstić information content (AvgIpc) is 3.30. The number of carboxylic acids is 1. The van der Waals surface area contributed by atoms with E-state index in [4.69, 9.17) is 16.2 Å². The van der Waals surface area contributed by atoms with Crippen LogP contribution >= 0.6 is 0 Å². The van der Waals surface area contributed by atoms with Crippen molar-refractivity contribution >= 4 is 33.8 Å². The van der Waals surface area contributed by atoms with E-state index in [0.717, 1.165) is 6.42 Å². The third-order valence-corrected chi connectivity index (χ3v) is 7.54. The Morgan fingerprint density at radius 3 is 2.81 bits per heavy atom. The molecular formula is C20H29N6O5S+. The van der Waals surface area contributed by atoms with E-state index in [2.05, 4.69) is 26.8 Å². The van der Waals surface area contributed by atoms with Gasteiger partial charge in [-0.25, -0.2) is 15.0 Å². The normalized spacial score (nSPS) is 24.8. The number of nitrogens with zero attached hydrogens (tertiary/aromatic N) is 4. The van der Waals surface area contributed by atoms with Gasteiger partial charge in [-0.15, -0.1) is 0 Å². The van der Waals surface area contributed by atoms with Crippen molar-refractivity contribution in [2.24, 2.45) is 11.7 Å². The van der Waals surface area contributed by atoms with Crippen LogP contribution < -0.4 is 11.5 Å². The third-order valence-electron chi connectivity index (χ3n) is 5.21. The Balaban J connectivity index is 1.74. The van der Waals surface area contributed by atoms with Crippen molar-refractivity contribution < 1.29 is 24.9 Å². The zero-order valence-electron chi connectivity index (χ0n) is 17.8. The number of hydrogen-bond acceptors (Lipinski definition) is 9. The second-order valence-electron chi connectivity index (χ2n) is 7.70. The van der Waals surface area contributed by atoms with Crippen LogP contribution in [0.25, 0.3) is 11.2 Å². The minimum atomic E-state index is -1.22. The molecule has 1 saturated heterocycles. The maximum Gasteiger partial charge on any atom is 0.310 e. The zero-order chi connectivity index (χ0) is 23.3. The summed E-state index contributed by atoms with van der Waals surface area (Å²) in [5.74, 6) is 6.21. The van der Waals surface area contributed by atoms with Gasteiger partial charge in [-0.05, 0) is 25.8 Å². The van der Waals surface area contributed by atoms with Gasteiger partial charge in [-0.3, -0.25) is 9.36 Å². The number of aromatic nitrogens is 4. The molecule has 2 unspecified atom stereocenters. The Hall–Kier alpha value is -2.43. The van der Waals surface area contributed by atoms with Crippen LogP contribution in [0.4, 0.5) is 5.82 Å². The standard InChI is InChI=1S/C20H28N6O5S/c1-12(20(29)30)8-32(7-5-3-2-4-6-21)9-13-15(27)16(28)19(31-13)26-11-25-14-17(22)23-10-24-18(14)26/h10-13,15-16,19,27-28H,2,4,6-9,21H2,1H3,(H2-,22,23,24,29,30)/p+1/t12-,13+,15-,16?,19+,32?/m0/s1. The van der Waals surface area contributed by atoms with Gasteiger partial charge in [0.2, 0.25) is 0 Å². The van der Waals surface area contributed by atoms with Crippen molar-refractivity contribution in [1.29, 1.82) is 0 Å². The molecule has 0 amide bonds. The van der Waals surface area contributed by atoms with E-state index in [1.165, 1.54) is 17.2 Å². The van der Waals surface area contributed by atoms with E-state index < -0.39 is 47.3 Å². The number of aliphatic hydroxyl groups excluding tert-OH is 2. The number of nitrogens with two attached hydrogens (primary N) is 2. The van der Waals surface area contributed by atoms with Crippen LogP contribution in [0.15, 0.2) is 12.7 Å². The highest BCUT2D eigenvalue weighted by atomic mass is 32.2. The number of rotatable bonds is 9. The Labute approximate surface area is 188 Å². The van der Waals surface area contributed by atoms with E-state index >= 15 is 0 Å². The van der Waals surface area contributed by atoms with Crippen molar-refractivity contribution in [3.8, 4) is 11.8 Å². The topological polar surface area (TPSA) is 183 Å². The second-order valence-corrected chi connectivity index (χ2v) is 9.88. The average molecular weight is 466 g/mol. The van der Waals surface area contributed by atoms with Crippen LogP contribution in [0.1, 0.15) is 26.0 Å². The van der Waals surface area contributed by atoms with Crippen molar-refractivity contribution in [2.45, 2.75) is 44.3 Å². The quantitative estimate of drug-likeness (QED) is 0.177. The van der Waals surface area contributed by atoms with Crippen molar-refractivity contribution in [3.05, 3.63) is 12.7 Å². The van der Waals surface area contributed by atoms with Gasteiger partial charge >= 0.3 is 5.97 Å². The van der Waals surface area contributed by atoms with Gasteiger partial charge in [-0.1, -0.05) is 5.92 Å². The van der Waals surface area contributed by atoms with E-state index in [9.17, 15) is 20.1 Å². The number of unbranched alkanes of at least 4 members (excludes halogenated alkanes) is 1. The molecule has 1 aliphatic heterocycles. The molecule has 3 heterocycles. The number of anilines is 1. The molecule has 0 aliphatic carbocycles. The number of carbonyl (C=O) groups is 1. The van der Waals surface area contributed by atoms with Crippen molar-refractivity contribution in [1.82, 2.24) is 19.5 Å². The lowest BCUT2D eigenvalue weighted by atomic mass is 10.1. The summed E-state index contributed by atoms with van der Waals surface area (Å²) < 4.78 is 7.53. The smallest absolute Gasteiger partial charge is 0.310 e. The van der Waals surface area contributed by atoms with Gasteiger partial charge in [0.05, 0.1) is 12.2 Å². The maximum atomic E-state index is 11.4. The number of aliphatic carboxylic acids is 1. The molecule has 0 aromatic carbocycles. The van der Waals surface area contributed by atoms with Crippen molar-refractivity contribution in [3.63, 3.8) is 0 Å². The number of aliphatic hydroxyl groups is 2. The largest absolute Gasteiger partial charge is 0.481 e. The number of ether oxygens (including phenoxy) is 1.